The van der Waals surface area contributed by atoms with E-state index in [4.69, 9.17) is 0 Å². The maximum absolute atomic E-state index is 13.4. The monoisotopic (exact) mass is 375 g/mol. The minimum atomic E-state index is -1.14. The molecule has 0 heterocycles. The number of hydrogen-bond acceptors (Lipinski definition) is 2. The summed E-state index contributed by atoms with van der Waals surface area (Å²) in [5.41, 5.74) is -0.279. The maximum atomic E-state index is 13.4. The van der Waals surface area contributed by atoms with Crippen LogP contribution in [0.3, 0.4) is 0 Å². The highest BCUT2D eigenvalue weighted by Gasteiger charge is 2.15. The van der Waals surface area contributed by atoms with E-state index in [0.717, 1.165) is 9.64 Å². The number of anilines is 1. The van der Waals surface area contributed by atoms with Gasteiger partial charge < -0.3 is 10.4 Å². The number of carbonyl (C=O) groups excluding carboxylic acids is 1. The van der Waals surface area contributed by atoms with Crippen molar-refractivity contribution in [1.82, 2.24) is 0 Å². The summed E-state index contributed by atoms with van der Waals surface area (Å²) in [5.74, 6) is -3.12. The van der Waals surface area contributed by atoms with Gasteiger partial charge in [0.05, 0.1) is 11.3 Å². The Bertz CT molecular complexity index is 647. The largest absolute Gasteiger partial charge is 0.507 e. The summed E-state index contributed by atoms with van der Waals surface area (Å²) in [6.07, 6.45) is 0. The van der Waals surface area contributed by atoms with E-state index >= 15 is 0 Å². The van der Waals surface area contributed by atoms with Gasteiger partial charge in [0.15, 0.2) is 11.6 Å². The Morgan fingerprint density at radius 1 is 1.21 bits per heavy atom. The van der Waals surface area contributed by atoms with Crippen LogP contribution in [-0.4, -0.2) is 11.0 Å². The Labute approximate surface area is 121 Å². The zero-order valence-electron chi connectivity index (χ0n) is 9.45. The first kappa shape index (κ1) is 13.7. The Balaban J connectivity index is 2.31. The Morgan fingerprint density at radius 2 is 1.95 bits per heavy atom. The Hall–Kier alpha value is -1.70. The molecule has 1 amide bonds. The highest BCUT2D eigenvalue weighted by molar-refractivity contribution is 14.1. The summed E-state index contributed by atoms with van der Waals surface area (Å²) >= 11 is 1.97. The van der Waals surface area contributed by atoms with E-state index in [1.165, 1.54) is 24.3 Å². The van der Waals surface area contributed by atoms with E-state index in [1.807, 2.05) is 22.6 Å². The molecule has 0 aliphatic carbocycles. The molecule has 98 valence electrons. The molecule has 0 aliphatic rings. The highest BCUT2D eigenvalue weighted by Crippen LogP contribution is 2.22. The van der Waals surface area contributed by atoms with Crippen molar-refractivity contribution < 1.29 is 18.7 Å². The molecule has 0 aliphatic heterocycles. The molecule has 19 heavy (non-hydrogen) atoms. The molecule has 0 saturated heterocycles. The van der Waals surface area contributed by atoms with Crippen molar-refractivity contribution in [2.45, 2.75) is 0 Å². The summed E-state index contributed by atoms with van der Waals surface area (Å²) in [4.78, 5) is 11.9. The molecule has 2 N–H and O–H groups in total. The lowest BCUT2D eigenvalue weighted by Gasteiger charge is -2.08. The molecule has 0 bridgehead atoms. The average Bonchev–Trinajstić information content (AvgIpc) is 2.38. The fourth-order valence-electron chi connectivity index (χ4n) is 1.48. The van der Waals surface area contributed by atoms with Gasteiger partial charge in [-0.05, 0) is 52.9 Å². The van der Waals surface area contributed by atoms with Crippen LogP contribution in [0.5, 0.6) is 5.75 Å². The van der Waals surface area contributed by atoms with Crippen molar-refractivity contribution in [3.05, 3.63) is 57.2 Å². The van der Waals surface area contributed by atoms with Gasteiger partial charge in [0, 0.05) is 3.57 Å². The lowest BCUT2D eigenvalue weighted by atomic mass is 10.2. The number of hydrogen-bond donors (Lipinski definition) is 2. The van der Waals surface area contributed by atoms with Gasteiger partial charge in [-0.3, -0.25) is 4.79 Å². The van der Waals surface area contributed by atoms with E-state index in [2.05, 4.69) is 5.32 Å². The Morgan fingerprint density at radius 3 is 2.68 bits per heavy atom. The van der Waals surface area contributed by atoms with Crippen LogP contribution in [0.15, 0.2) is 36.4 Å². The van der Waals surface area contributed by atoms with Crippen LogP contribution in [0.4, 0.5) is 14.5 Å². The van der Waals surface area contributed by atoms with E-state index in [0.29, 0.717) is 0 Å². The third-order valence-corrected chi connectivity index (χ3v) is 3.07. The predicted molar refractivity (Wildman–Crippen MR) is 75.1 cm³/mol. The second kappa shape index (κ2) is 5.52. The molecule has 2 aromatic carbocycles. The standard InChI is InChI=1S/C13H8F2INO2/c14-9-2-1-3-10(12(9)15)17-13(19)8-6-7(16)4-5-11(8)18/h1-6,18H,(H,17,19). The summed E-state index contributed by atoms with van der Waals surface area (Å²) in [6.45, 7) is 0. The van der Waals surface area contributed by atoms with E-state index in [9.17, 15) is 18.7 Å². The predicted octanol–water partition coefficient (Wildman–Crippen LogP) is 3.53. The van der Waals surface area contributed by atoms with Gasteiger partial charge in [-0.2, -0.15) is 0 Å². The number of halogens is 3. The van der Waals surface area contributed by atoms with Crippen LogP contribution in [-0.2, 0) is 0 Å². The first-order valence-electron chi connectivity index (χ1n) is 5.23. The Kier molecular flexibility index (Phi) is 3.98. The van der Waals surface area contributed by atoms with Gasteiger partial charge in [-0.25, -0.2) is 8.78 Å². The minimum Gasteiger partial charge on any atom is -0.507 e. The van der Waals surface area contributed by atoms with Crippen molar-refractivity contribution in [1.29, 1.82) is 0 Å². The molecular formula is C13H8F2INO2. The second-order valence-corrected chi connectivity index (χ2v) is 4.96. The maximum Gasteiger partial charge on any atom is 0.259 e. The number of nitrogens with one attached hydrogen (secondary N) is 1. The van der Waals surface area contributed by atoms with Crippen LogP contribution in [0.25, 0.3) is 0 Å². The fraction of sp³-hybridized carbons (Fsp3) is 0. The average molecular weight is 375 g/mol. The summed E-state index contributed by atoms with van der Waals surface area (Å²) < 4.78 is 27.1. The first-order valence-corrected chi connectivity index (χ1v) is 6.31. The van der Waals surface area contributed by atoms with Gasteiger partial charge in [0.25, 0.3) is 5.91 Å². The fourth-order valence-corrected chi connectivity index (χ4v) is 1.97. The lowest BCUT2D eigenvalue weighted by Crippen LogP contribution is -2.13. The van der Waals surface area contributed by atoms with Crippen LogP contribution >= 0.6 is 22.6 Å². The van der Waals surface area contributed by atoms with Gasteiger partial charge in [-0.1, -0.05) is 6.07 Å². The molecule has 6 heteroatoms. The van der Waals surface area contributed by atoms with Gasteiger partial charge in [0.1, 0.15) is 5.75 Å². The third kappa shape index (κ3) is 3.01. The van der Waals surface area contributed by atoms with E-state index in [1.54, 1.807) is 6.07 Å². The van der Waals surface area contributed by atoms with E-state index < -0.39 is 17.5 Å². The normalized spacial score (nSPS) is 10.3. The number of aromatic hydroxyl groups is 1. The van der Waals surface area contributed by atoms with Crippen molar-refractivity contribution in [3.8, 4) is 5.75 Å². The number of rotatable bonds is 2. The van der Waals surface area contributed by atoms with Crippen molar-refractivity contribution in [3.63, 3.8) is 0 Å². The van der Waals surface area contributed by atoms with Crippen molar-refractivity contribution in [2.24, 2.45) is 0 Å². The molecule has 0 unspecified atom stereocenters. The summed E-state index contributed by atoms with van der Waals surface area (Å²) in [7, 11) is 0. The van der Waals surface area contributed by atoms with Crippen LogP contribution < -0.4 is 5.32 Å². The number of benzene rings is 2. The lowest BCUT2D eigenvalue weighted by molar-refractivity contribution is 0.102. The second-order valence-electron chi connectivity index (χ2n) is 3.72. The number of phenols is 1. The minimum absolute atomic E-state index is 0.00411. The molecule has 0 saturated carbocycles. The van der Waals surface area contributed by atoms with E-state index in [-0.39, 0.29) is 17.0 Å². The number of phenolic OH excluding ortho intramolecular Hbond substituents is 1. The topological polar surface area (TPSA) is 49.3 Å². The van der Waals surface area contributed by atoms with Crippen LogP contribution in [0.1, 0.15) is 10.4 Å². The molecule has 0 spiro atoms. The number of carbonyl (C=O) groups is 1. The zero-order chi connectivity index (χ0) is 14.0. The number of amides is 1. The summed E-state index contributed by atoms with van der Waals surface area (Å²) in [6, 6.07) is 7.90. The molecule has 0 fully saturated rings. The molecular weight excluding hydrogens is 367 g/mol. The van der Waals surface area contributed by atoms with Gasteiger partial charge in [0.2, 0.25) is 0 Å². The molecule has 0 aromatic heterocycles. The van der Waals surface area contributed by atoms with Crippen LogP contribution in [0.2, 0.25) is 0 Å². The highest BCUT2D eigenvalue weighted by atomic mass is 127. The smallest absolute Gasteiger partial charge is 0.259 e. The zero-order valence-corrected chi connectivity index (χ0v) is 11.6. The van der Waals surface area contributed by atoms with Crippen molar-refractivity contribution >= 4 is 34.2 Å². The summed E-state index contributed by atoms with van der Waals surface area (Å²) in [5, 5.41) is 11.8. The van der Waals surface area contributed by atoms with Crippen LogP contribution in [0, 0.1) is 15.2 Å². The molecule has 2 aromatic rings. The third-order valence-electron chi connectivity index (χ3n) is 2.40. The quantitative estimate of drug-likeness (QED) is 0.790. The molecule has 2 rings (SSSR count). The molecule has 3 nitrogen and oxygen atoms in total. The first-order chi connectivity index (χ1) is 8.99. The molecule has 0 atom stereocenters. The molecule has 0 radical (unpaired) electrons. The SMILES string of the molecule is O=C(Nc1cccc(F)c1F)c1cc(I)ccc1O. The van der Waals surface area contributed by atoms with Gasteiger partial charge >= 0.3 is 0 Å². The van der Waals surface area contributed by atoms with Gasteiger partial charge in [-0.15, -0.1) is 0 Å². The van der Waals surface area contributed by atoms with Crippen molar-refractivity contribution in [2.75, 3.05) is 5.32 Å².